The summed E-state index contributed by atoms with van der Waals surface area (Å²) in [4.78, 5) is 25.3. The molecule has 0 spiro atoms. The summed E-state index contributed by atoms with van der Waals surface area (Å²) in [6, 6.07) is 0. The van der Waals surface area contributed by atoms with Gasteiger partial charge in [-0.3, -0.25) is 0 Å². The average Bonchev–Trinajstić information content (AvgIpc) is 2.82. The molecule has 0 heterocycles. The van der Waals surface area contributed by atoms with Gasteiger partial charge in [-0.1, -0.05) is 13.3 Å². The lowest BCUT2D eigenvalue weighted by Gasteiger charge is -2.08. The van der Waals surface area contributed by atoms with Crippen LogP contribution in [0.5, 0.6) is 0 Å². The highest BCUT2D eigenvalue weighted by Crippen LogP contribution is 2.50. The van der Waals surface area contributed by atoms with Gasteiger partial charge in [-0.05, 0) is 25.7 Å². The van der Waals surface area contributed by atoms with E-state index in [9.17, 15) is 9.59 Å². The summed E-state index contributed by atoms with van der Waals surface area (Å²) in [5.41, 5.74) is -0.881. The number of ether oxygens (including phenoxy) is 1. The van der Waals surface area contributed by atoms with Gasteiger partial charge in [-0.2, -0.15) is 4.99 Å². The fourth-order valence-corrected chi connectivity index (χ4v) is 1.78. The molecule has 78 valence electrons. The Hall–Kier alpha value is -1.15. The van der Waals surface area contributed by atoms with Crippen molar-refractivity contribution in [2.75, 3.05) is 6.61 Å². The molecule has 0 radical (unpaired) electrons. The van der Waals surface area contributed by atoms with E-state index in [1.54, 1.807) is 6.92 Å². The van der Waals surface area contributed by atoms with E-state index in [-0.39, 0.29) is 11.9 Å². The second kappa shape index (κ2) is 4.38. The van der Waals surface area contributed by atoms with Crippen LogP contribution in [0.1, 0.15) is 33.1 Å². The van der Waals surface area contributed by atoms with Gasteiger partial charge in [0.15, 0.2) is 5.54 Å². The van der Waals surface area contributed by atoms with E-state index in [0.717, 1.165) is 12.8 Å². The lowest BCUT2D eigenvalue weighted by molar-refractivity contribution is -0.146. The summed E-state index contributed by atoms with van der Waals surface area (Å²) in [5, 5.41) is 0. The van der Waals surface area contributed by atoms with E-state index < -0.39 is 5.54 Å². The summed E-state index contributed by atoms with van der Waals surface area (Å²) in [5.74, 6) is -0.199. The molecule has 1 saturated carbocycles. The summed E-state index contributed by atoms with van der Waals surface area (Å²) >= 11 is 0. The lowest BCUT2D eigenvalue weighted by atomic mass is 10.1. The highest BCUT2D eigenvalue weighted by molar-refractivity contribution is 5.86. The molecule has 0 aliphatic heterocycles. The third kappa shape index (κ3) is 1.85. The molecule has 1 rings (SSSR count). The van der Waals surface area contributed by atoms with Crippen LogP contribution < -0.4 is 0 Å². The fourth-order valence-electron chi connectivity index (χ4n) is 1.78. The fraction of sp³-hybridized carbons (Fsp3) is 0.800. The van der Waals surface area contributed by atoms with E-state index in [0.29, 0.717) is 13.0 Å². The van der Waals surface area contributed by atoms with Crippen molar-refractivity contribution in [3.05, 3.63) is 0 Å². The smallest absolute Gasteiger partial charge is 0.335 e. The first-order chi connectivity index (χ1) is 6.71. The predicted molar refractivity (Wildman–Crippen MR) is 50.5 cm³/mol. The third-order valence-electron chi connectivity index (χ3n) is 2.58. The first-order valence-corrected chi connectivity index (χ1v) is 4.97. The standard InChI is InChI=1S/C10H15NO3/c1-3-5-8-6-10(8,11-7-12)9(13)14-4-2/h8H,3-6H2,1-2H3. The SMILES string of the molecule is CCCC1CC1(N=C=O)C(=O)OCC. The molecular formula is C10H15NO3. The highest BCUT2D eigenvalue weighted by atomic mass is 16.5. The molecule has 0 aromatic carbocycles. The molecule has 0 N–H and O–H groups in total. The van der Waals surface area contributed by atoms with Crippen LogP contribution >= 0.6 is 0 Å². The van der Waals surface area contributed by atoms with Gasteiger partial charge in [-0.15, -0.1) is 0 Å². The van der Waals surface area contributed by atoms with Crippen molar-refractivity contribution in [1.82, 2.24) is 0 Å². The molecule has 0 bridgehead atoms. The Balaban J connectivity index is 2.67. The van der Waals surface area contributed by atoms with Crippen molar-refractivity contribution in [2.24, 2.45) is 10.9 Å². The molecule has 0 amide bonds. The second-order valence-corrected chi connectivity index (χ2v) is 3.54. The van der Waals surface area contributed by atoms with Crippen LogP contribution in [0.15, 0.2) is 4.99 Å². The second-order valence-electron chi connectivity index (χ2n) is 3.54. The minimum Gasteiger partial charge on any atom is -0.464 e. The van der Waals surface area contributed by atoms with Crippen molar-refractivity contribution in [3.8, 4) is 0 Å². The van der Waals surface area contributed by atoms with E-state index in [4.69, 9.17) is 4.74 Å². The molecule has 0 aromatic heterocycles. The normalized spacial score (nSPS) is 29.1. The molecule has 2 unspecified atom stereocenters. The first kappa shape index (κ1) is 10.9. The zero-order valence-electron chi connectivity index (χ0n) is 8.58. The number of hydrogen-bond acceptors (Lipinski definition) is 4. The van der Waals surface area contributed by atoms with Gasteiger partial charge in [0, 0.05) is 0 Å². The predicted octanol–water partition coefficient (Wildman–Crippen LogP) is 1.44. The Morgan fingerprint density at radius 3 is 2.86 bits per heavy atom. The van der Waals surface area contributed by atoms with Crippen LogP contribution in [0.2, 0.25) is 0 Å². The Bertz CT molecular complexity index is 271. The maximum atomic E-state index is 11.5. The van der Waals surface area contributed by atoms with Gasteiger partial charge in [-0.25, -0.2) is 9.59 Å². The zero-order chi connectivity index (χ0) is 10.6. The van der Waals surface area contributed by atoms with Crippen LogP contribution in [-0.2, 0) is 14.3 Å². The maximum absolute atomic E-state index is 11.5. The van der Waals surface area contributed by atoms with Gasteiger partial charge in [0.2, 0.25) is 6.08 Å². The summed E-state index contributed by atoms with van der Waals surface area (Å²) < 4.78 is 4.89. The van der Waals surface area contributed by atoms with Gasteiger partial charge < -0.3 is 4.74 Å². The number of hydrogen-bond donors (Lipinski definition) is 0. The van der Waals surface area contributed by atoms with Crippen molar-refractivity contribution in [2.45, 2.75) is 38.6 Å². The number of carbonyl (C=O) groups is 1. The topological polar surface area (TPSA) is 55.7 Å². The molecule has 4 heteroatoms. The number of rotatable bonds is 5. The number of esters is 1. The molecule has 2 atom stereocenters. The largest absolute Gasteiger partial charge is 0.464 e. The Morgan fingerprint density at radius 2 is 2.36 bits per heavy atom. The van der Waals surface area contributed by atoms with Crippen molar-refractivity contribution in [1.29, 1.82) is 0 Å². The molecule has 14 heavy (non-hydrogen) atoms. The number of nitrogens with zero attached hydrogens (tertiary/aromatic N) is 1. The van der Waals surface area contributed by atoms with Gasteiger partial charge in [0.1, 0.15) is 0 Å². The number of carbonyl (C=O) groups excluding carboxylic acids is 2. The van der Waals surface area contributed by atoms with E-state index >= 15 is 0 Å². The molecule has 1 aliphatic carbocycles. The third-order valence-corrected chi connectivity index (χ3v) is 2.58. The van der Waals surface area contributed by atoms with Crippen LogP contribution in [0, 0.1) is 5.92 Å². The van der Waals surface area contributed by atoms with Gasteiger partial charge in [0.05, 0.1) is 6.61 Å². The molecule has 0 aromatic rings. The molecule has 4 nitrogen and oxygen atoms in total. The molecule has 1 aliphatic rings. The summed E-state index contributed by atoms with van der Waals surface area (Å²) in [7, 11) is 0. The zero-order valence-corrected chi connectivity index (χ0v) is 8.58. The van der Waals surface area contributed by atoms with Gasteiger partial charge in [0.25, 0.3) is 0 Å². The summed E-state index contributed by atoms with van der Waals surface area (Å²) in [6.07, 6.45) is 4.00. The molecular weight excluding hydrogens is 182 g/mol. The lowest BCUT2D eigenvalue weighted by Crippen LogP contribution is -2.25. The average molecular weight is 197 g/mol. The first-order valence-electron chi connectivity index (χ1n) is 4.97. The minimum absolute atomic E-state index is 0.174. The van der Waals surface area contributed by atoms with Crippen LogP contribution in [-0.4, -0.2) is 24.2 Å². The monoisotopic (exact) mass is 197 g/mol. The Kier molecular flexibility index (Phi) is 3.42. The maximum Gasteiger partial charge on any atom is 0.335 e. The molecule has 1 fully saturated rings. The van der Waals surface area contributed by atoms with Crippen molar-refractivity contribution in [3.63, 3.8) is 0 Å². The van der Waals surface area contributed by atoms with Crippen molar-refractivity contribution < 1.29 is 14.3 Å². The van der Waals surface area contributed by atoms with E-state index in [2.05, 4.69) is 4.99 Å². The van der Waals surface area contributed by atoms with Crippen LogP contribution in [0.3, 0.4) is 0 Å². The van der Waals surface area contributed by atoms with Crippen LogP contribution in [0.25, 0.3) is 0 Å². The van der Waals surface area contributed by atoms with E-state index in [1.807, 2.05) is 6.92 Å². The van der Waals surface area contributed by atoms with E-state index in [1.165, 1.54) is 6.08 Å². The van der Waals surface area contributed by atoms with Crippen molar-refractivity contribution >= 4 is 12.0 Å². The number of isocyanates is 1. The Morgan fingerprint density at radius 1 is 1.64 bits per heavy atom. The van der Waals surface area contributed by atoms with Crippen LogP contribution in [0.4, 0.5) is 0 Å². The minimum atomic E-state index is -0.881. The Labute approximate surface area is 83.3 Å². The summed E-state index contributed by atoms with van der Waals surface area (Å²) in [6.45, 7) is 4.11. The molecule has 0 saturated heterocycles. The quantitative estimate of drug-likeness (QED) is 0.380. The highest BCUT2D eigenvalue weighted by Gasteiger charge is 2.61. The number of aliphatic imine (C=N–C) groups is 1. The van der Waals surface area contributed by atoms with Gasteiger partial charge >= 0.3 is 5.97 Å².